The predicted molar refractivity (Wildman–Crippen MR) is 129 cm³/mol. The van der Waals surface area contributed by atoms with Crippen LogP contribution in [0, 0.1) is 24.2 Å². The smallest absolute Gasteiger partial charge is 0.266 e. The van der Waals surface area contributed by atoms with Crippen molar-refractivity contribution in [2.45, 2.75) is 26.2 Å². The van der Waals surface area contributed by atoms with E-state index in [0.717, 1.165) is 11.3 Å². The SMILES string of the molecule is Cc1cccc(Cc2cnc(NC(=O)C3CCN(c4oc(-c5ccco5)nc4C#N)CC3)s2)c1. The number of oxazole rings is 1. The molecule has 1 aliphatic heterocycles. The summed E-state index contributed by atoms with van der Waals surface area (Å²) < 4.78 is 11.2. The summed E-state index contributed by atoms with van der Waals surface area (Å²) in [5.41, 5.74) is 2.68. The molecule has 9 heteroatoms. The first-order valence-corrected chi connectivity index (χ1v) is 11.9. The van der Waals surface area contributed by atoms with Crippen molar-refractivity contribution in [2.75, 3.05) is 23.3 Å². The van der Waals surface area contributed by atoms with Gasteiger partial charge in [0.15, 0.2) is 10.9 Å². The molecule has 0 spiro atoms. The number of rotatable bonds is 6. The van der Waals surface area contributed by atoms with Crippen molar-refractivity contribution < 1.29 is 13.6 Å². The Morgan fingerprint density at radius 2 is 2.15 bits per heavy atom. The van der Waals surface area contributed by atoms with Gasteiger partial charge in [0.1, 0.15) is 6.07 Å². The summed E-state index contributed by atoms with van der Waals surface area (Å²) >= 11 is 1.51. The largest absolute Gasteiger partial charge is 0.459 e. The van der Waals surface area contributed by atoms with E-state index in [1.54, 1.807) is 12.1 Å². The summed E-state index contributed by atoms with van der Waals surface area (Å²) in [5, 5.41) is 13.1. The molecule has 0 bridgehead atoms. The molecule has 5 rings (SSSR count). The lowest BCUT2D eigenvalue weighted by Crippen LogP contribution is -2.38. The summed E-state index contributed by atoms with van der Waals surface area (Å²) in [6.45, 7) is 3.26. The van der Waals surface area contributed by atoms with E-state index >= 15 is 0 Å². The van der Waals surface area contributed by atoms with E-state index in [2.05, 4.69) is 52.5 Å². The number of benzene rings is 1. The molecule has 1 N–H and O–H groups in total. The molecule has 1 aromatic carbocycles. The van der Waals surface area contributed by atoms with Gasteiger partial charge >= 0.3 is 0 Å². The second-order valence-electron chi connectivity index (χ2n) is 8.31. The topological polar surface area (TPSA) is 108 Å². The molecule has 1 amide bonds. The highest BCUT2D eigenvalue weighted by Gasteiger charge is 2.29. The van der Waals surface area contributed by atoms with Gasteiger partial charge in [0.2, 0.25) is 17.5 Å². The zero-order chi connectivity index (χ0) is 23.5. The maximum atomic E-state index is 12.8. The van der Waals surface area contributed by atoms with Gasteiger partial charge in [0.25, 0.3) is 5.89 Å². The molecule has 1 aliphatic rings. The van der Waals surface area contributed by atoms with Crippen LogP contribution in [0.1, 0.15) is 34.5 Å². The highest BCUT2D eigenvalue weighted by molar-refractivity contribution is 7.15. The Labute approximate surface area is 200 Å². The molecule has 0 unspecified atom stereocenters. The van der Waals surface area contributed by atoms with Crippen LogP contribution in [-0.2, 0) is 11.2 Å². The molecular formula is C25H23N5O3S. The lowest BCUT2D eigenvalue weighted by Gasteiger charge is -2.30. The number of aromatic nitrogens is 2. The van der Waals surface area contributed by atoms with Gasteiger partial charge in [-0.15, -0.1) is 11.3 Å². The number of nitrogens with zero attached hydrogens (tertiary/aromatic N) is 4. The van der Waals surface area contributed by atoms with Crippen LogP contribution in [-0.4, -0.2) is 29.0 Å². The first-order chi connectivity index (χ1) is 16.6. The Bertz CT molecular complexity index is 1330. The van der Waals surface area contributed by atoms with Gasteiger partial charge in [-0.1, -0.05) is 29.8 Å². The number of nitrogens with one attached hydrogen (secondary N) is 1. The van der Waals surface area contributed by atoms with Crippen LogP contribution in [0.3, 0.4) is 0 Å². The van der Waals surface area contributed by atoms with Crippen molar-refractivity contribution in [1.29, 1.82) is 5.26 Å². The van der Waals surface area contributed by atoms with E-state index in [1.165, 1.54) is 28.7 Å². The van der Waals surface area contributed by atoms with Crippen molar-refractivity contribution in [3.63, 3.8) is 0 Å². The summed E-state index contributed by atoms with van der Waals surface area (Å²) in [5.74, 6) is 1.03. The van der Waals surface area contributed by atoms with Gasteiger partial charge in [-0.3, -0.25) is 4.79 Å². The third kappa shape index (κ3) is 4.72. The lowest BCUT2D eigenvalue weighted by atomic mass is 9.96. The summed E-state index contributed by atoms with van der Waals surface area (Å²) in [6.07, 6.45) is 5.45. The highest BCUT2D eigenvalue weighted by atomic mass is 32.1. The Morgan fingerprint density at radius 1 is 1.29 bits per heavy atom. The molecule has 0 saturated carbocycles. The van der Waals surface area contributed by atoms with Gasteiger partial charge in [0.05, 0.1) is 6.26 Å². The fourth-order valence-corrected chi connectivity index (χ4v) is 4.98. The van der Waals surface area contributed by atoms with Crippen LogP contribution in [0.5, 0.6) is 0 Å². The Morgan fingerprint density at radius 3 is 2.88 bits per heavy atom. The second kappa shape index (κ2) is 9.53. The number of carbonyl (C=O) groups excluding carboxylic acids is 1. The number of piperidine rings is 1. The molecule has 34 heavy (non-hydrogen) atoms. The lowest BCUT2D eigenvalue weighted by molar-refractivity contribution is -0.120. The van der Waals surface area contributed by atoms with E-state index in [9.17, 15) is 10.1 Å². The van der Waals surface area contributed by atoms with Crippen molar-refractivity contribution in [3.8, 4) is 17.7 Å². The molecular weight excluding hydrogens is 450 g/mol. The summed E-state index contributed by atoms with van der Waals surface area (Å²) in [4.78, 5) is 24.5. The number of hydrogen-bond acceptors (Lipinski definition) is 8. The second-order valence-corrected chi connectivity index (χ2v) is 9.43. The monoisotopic (exact) mass is 473 g/mol. The van der Waals surface area contributed by atoms with Gasteiger partial charge in [0, 0.05) is 36.5 Å². The van der Waals surface area contributed by atoms with E-state index < -0.39 is 0 Å². The predicted octanol–water partition coefficient (Wildman–Crippen LogP) is 5.02. The normalized spacial score (nSPS) is 14.2. The number of aryl methyl sites for hydroxylation is 1. The summed E-state index contributed by atoms with van der Waals surface area (Å²) in [7, 11) is 0. The standard InChI is InChI=1S/C25H23N5O3S/c1-16-4-2-5-17(12-16)13-19-15-27-25(34-19)29-22(31)18-7-9-30(10-8-18)24-20(14-26)28-23(33-24)21-6-3-11-32-21/h2-6,11-12,15,18H,7-10,13H2,1H3,(H,27,29,31). The zero-order valence-corrected chi connectivity index (χ0v) is 19.5. The van der Waals surface area contributed by atoms with E-state index in [-0.39, 0.29) is 23.4 Å². The maximum Gasteiger partial charge on any atom is 0.266 e. The molecule has 0 aliphatic carbocycles. The molecule has 4 aromatic rings. The fourth-order valence-electron chi connectivity index (χ4n) is 4.13. The Hall–Kier alpha value is -3.90. The fraction of sp³-hybridized carbons (Fsp3) is 0.280. The average molecular weight is 474 g/mol. The van der Waals surface area contributed by atoms with Crippen molar-refractivity contribution >= 4 is 28.3 Å². The minimum Gasteiger partial charge on any atom is -0.459 e. The highest BCUT2D eigenvalue weighted by Crippen LogP contribution is 2.32. The molecule has 1 fully saturated rings. The molecule has 4 heterocycles. The average Bonchev–Trinajstić information content (AvgIpc) is 3.60. The van der Waals surface area contributed by atoms with Crippen LogP contribution >= 0.6 is 11.3 Å². The van der Waals surface area contributed by atoms with Crippen molar-refractivity contribution in [2.24, 2.45) is 5.92 Å². The van der Waals surface area contributed by atoms with Crippen molar-refractivity contribution in [1.82, 2.24) is 9.97 Å². The summed E-state index contributed by atoms with van der Waals surface area (Å²) in [6, 6.07) is 14.0. The van der Waals surface area contributed by atoms with Crippen LogP contribution in [0.4, 0.5) is 11.0 Å². The third-order valence-corrected chi connectivity index (χ3v) is 6.76. The van der Waals surface area contributed by atoms with Crippen LogP contribution in [0.2, 0.25) is 0 Å². The molecule has 1 saturated heterocycles. The van der Waals surface area contributed by atoms with Crippen molar-refractivity contribution in [3.05, 3.63) is 70.6 Å². The molecule has 0 atom stereocenters. The number of carbonyl (C=O) groups is 1. The number of nitriles is 1. The van der Waals surface area contributed by atoms with Gasteiger partial charge < -0.3 is 19.1 Å². The number of amides is 1. The molecule has 3 aromatic heterocycles. The van der Waals surface area contributed by atoms with Gasteiger partial charge in [-0.25, -0.2) is 4.98 Å². The molecule has 172 valence electrons. The maximum absolute atomic E-state index is 12.8. The number of anilines is 2. The Balaban J connectivity index is 1.18. The zero-order valence-electron chi connectivity index (χ0n) is 18.7. The van der Waals surface area contributed by atoms with Crippen LogP contribution in [0.25, 0.3) is 11.7 Å². The number of furan rings is 1. The van der Waals surface area contributed by atoms with Crippen LogP contribution < -0.4 is 10.2 Å². The van der Waals surface area contributed by atoms with E-state index in [0.29, 0.717) is 42.7 Å². The first kappa shape index (κ1) is 21.9. The minimum absolute atomic E-state index is 0.0227. The molecule has 8 nitrogen and oxygen atoms in total. The third-order valence-electron chi connectivity index (χ3n) is 5.84. The number of thiazole rings is 1. The minimum atomic E-state index is -0.127. The van der Waals surface area contributed by atoms with Gasteiger partial charge in [-0.2, -0.15) is 10.2 Å². The van der Waals surface area contributed by atoms with Crippen LogP contribution in [0.15, 0.2) is 57.7 Å². The first-order valence-electron chi connectivity index (χ1n) is 11.1. The van der Waals surface area contributed by atoms with E-state index in [4.69, 9.17) is 8.83 Å². The van der Waals surface area contributed by atoms with Gasteiger partial charge in [-0.05, 0) is 37.5 Å². The Kier molecular flexibility index (Phi) is 6.14. The number of hydrogen-bond donors (Lipinski definition) is 1. The quantitative estimate of drug-likeness (QED) is 0.419. The molecule has 0 radical (unpaired) electrons. The van der Waals surface area contributed by atoms with E-state index in [1.807, 2.05) is 11.1 Å².